The lowest BCUT2D eigenvalue weighted by atomic mass is 9.98. The van der Waals surface area contributed by atoms with Crippen molar-refractivity contribution >= 4 is 17.9 Å². The standard InChI is InChI=1S/C18H30O8/c1-8(2)15(19)24-12-11(7)23-18(22)14(26-17(21)10(5)6)13(12)25-16(20)9(3)4/h8-14,18,22H,1-7H3/t11-,12+,13+,14-,18+/m0/s1. The number of carbonyl (C=O) groups excluding carboxylic acids is 3. The average molecular weight is 374 g/mol. The van der Waals surface area contributed by atoms with Crippen molar-refractivity contribution in [2.24, 2.45) is 17.8 Å². The Balaban J connectivity index is 3.15. The van der Waals surface area contributed by atoms with Crippen LogP contribution in [0.2, 0.25) is 0 Å². The van der Waals surface area contributed by atoms with Gasteiger partial charge in [0.15, 0.2) is 24.6 Å². The van der Waals surface area contributed by atoms with Crippen LogP contribution in [0.15, 0.2) is 0 Å². The van der Waals surface area contributed by atoms with E-state index in [1.807, 2.05) is 0 Å². The molecule has 1 aliphatic rings. The smallest absolute Gasteiger partial charge is 0.308 e. The van der Waals surface area contributed by atoms with E-state index in [1.165, 1.54) is 0 Å². The average Bonchev–Trinajstić information content (AvgIpc) is 2.53. The third kappa shape index (κ3) is 5.67. The van der Waals surface area contributed by atoms with Gasteiger partial charge in [0.1, 0.15) is 0 Å². The van der Waals surface area contributed by atoms with E-state index in [2.05, 4.69) is 0 Å². The first-order chi connectivity index (χ1) is 12.0. The number of hydrogen-bond donors (Lipinski definition) is 1. The molecule has 8 heteroatoms. The van der Waals surface area contributed by atoms with Crippen LogP contribution in [-0.4, -0.2) is 53.7 Å². The maximum Gasteiger partial charge on any atom is 0.308 e. The Morgan fingerprint density at radius 2 is 1.08 bits per heavy atom. The molecule has 8 nitrogen and oxygen atoms in total. The second-order valence-corrected chi connectivity index (χ2v) is 7.40. The van der Waals surface area contributed by atoms with Crippen LogP contribution in [0.5, 0.6) is 0 Å². The maximum absolute atomic E-state index is 12.1. The Kier molecular flexibility index (Phi) is 8.02. The molecule has 1 fully saturated rings. The highest BCUT2D eigenvalue weighted by atomic mass is 16.7. The molecule has 1 N–H and O–H groups in total. The minimum Gasteiger partial charge on any atom is -0.455 e. The molecule has 1 rings (SSSR count). The summed E-state index contributed by atoms with van der Waals surface area (Å²) in [5.41, 5.74) is 0. The van der Waals surface area contributed by atoms with Crippen LogP contribution < -0.4 is 0 Å². The largest absolute Gasteiger partial charge is 0.455 e. The number of rotatable bonds is 6. The summed E-state index contributed by atoms with van der Waals surface area (Å²) in [5.74, 6) is -2.99. The molecule has 0 aliphatic carbocycles. The molecular formula is C18H30O8. The molecule has 0 saturated carbocycles. The summed E-state index contributed by atoms with van der Waals surface area (Å²) >= 11 is 0. The van der Waals surface area contributed by atoms with Gasteiger partial charge in [0.25, 0.3) is 0 Å². The van der Waals surface area contributed by atoms with Gasteiger partial charge in [0.2, 0.25) is 0 Å². The normalized spacial score (nSPS) is 29.0. The lowest BCUT2D eigenvalue weighted by molar-refractivity contribution is -0.290. The SMILES string of the molecule is CC(C)C(=O)O[C@@H]1[C@H](OC(=O)C(C)C)[C@H](C)O[C@@H](O)[C@H]1OC(=O)C(C)C. The Bertz CT molecular complexity index is 479. The zero-order chi connectivity index (χ0) is 20.2. The monoisotopic (exact) mass is 374 g/mol. The predicted octanol–water partition coefficient (Wildman–Crippen LogP) is 1.43. The van der Waals surface area contributed by atoms with Crippen molar-refractivity contribution in [2.75, 3.05) is 0 Å². The summed E-state index contributed by atoms with van der Waals surface area (Å²) in [7, 11) is 0. The topological polar surface area (TPSA) is 108 Å². The second-order valence-electron chi connectivity index (χ2n) is 7.40. The van der Waals surface area contributed by atoms with Gasteiger partial charge in [-0.3, -0.25) is 14.4 Å². The first-order valence-electron chi connectivity index (χ1n) is 8.90. The van der Waals surface area contributed by atoms with E-state index in [4.69, 9.17) is 18.9 Å². The van der Waals surface area contributed by atoms with E-state index >= 15 is 0 Å². The summed E-state index contributed by atoms with van der Waals surface area (Å²) in [5, 5.41) is 10.2. The van der Waals surface area contributed by atoms with Crippen LogP contribution in [0.1, 0.15) is 48.5 Å². The van der Waals surface area contributed by atoms with Crippen LogP contribution in [0, 0.1) is 17.8 Å². The number of aliphatic hydroxyl groups excluding tert-OH is 1. The van der Waals surface area contributed by atoms with Gasteiger partial charge in [-0.15, -0.1) is 0 Å². The molecule has 0 amide bonds. The highest BCUT2D eigenvalue weighted by molar-refractivity contribution is 5.73. The Morgan fingerprint density at radius 1 is 0.731 bits per heavy atom. The second kappa shape index (κ2) is 9.32. The van der Waals surface area contributed by atoms with Gasteiger partial charge in [-0.25, -0.2) is 0 Å². The molecule has 0 unspecified atom stereocenters. The fraction of sp³-hybridized carbons (Fsp3) is 0.833. The molecule has 0 radical (unpaired) electrons. The number of hydrogen-bond acceptors (Lipinski definition) is 8. The van der Waals surface area contributed by atoms with Gasteiger partial charge in [0.05, 0.1) is 23.9 Å². The van der Waals surface area contributed by atoms with Crippen molar-refractivity contribution in [3.05, 3.63) is 0 Å². The van der Waals surface area contributed by atoms with Crippen molar-refractivity contribution < 1.29 is 38.4 Å². The molecule has 0 bridgehead atoms. The lowest BCUT2D eigenvalue weighted by Crippen LogP contribution is -2.61. The number of carbonyl (C=O) groups is 3. The van der Waals surface area contributed by atoms with E-state index in [0.717, 1.165) is 0 Å². The number of ether oxygens (including phenoxy) is 4. The predicted molar refractivity (Wildman–Crippen MR) is 90.7 cm³/mol. The highest BCUT2D eigenvalue weighted by Crippen LogP contribution is 2.29. The van der Waals surface area contributed by atoms with E-state index in [1.54, 1.807) is 48.5 Å². The van der Waals surface area contributed by atoms with E-state index < -0.39 is 66.4 Å². The van der Waals surface area contributed by atoms with Crippen molar-refractivity contribution in [3.8, 4) is 0 Å². The van der Waals surface area contributed by atoms with Crippen LogP contribution >= 0.6 is 0 Å². The fourth-order valence-corrected chi connectivity index (χ4v) is 2.22. The maximum atomic E-state index is 12.1. The highest BCUT2D eigenvalue weighted by Gasteiger charge is 2.50. The van der Waals surface area contributed by atoms with E-state index in [9.17, 15) is 19.5 Å². The molecule has 5 atom stereocenters. The van der Waals surface area contributed by atoms with E-state index in [0.29, 0.717) is 0 Å². The molecule has 150 valence electrons. The van der Waals surface area contributed by atoms with Gasteiger partial charge in [-0.05, 0) is 6.92 Å². The van der Waals surface area contributed by atoms with Gasteiger partial charge in [-0.1, -0.05) is 41.5 Å². The summed E-state index contributed by atoms with van der Waals surface area (Å²) in [6.45, 7) is 11.5. The third-order valence-corrected chi connectivity index (χ3v) is 3.92. The first kappa shape index (κ1) is 22.4. The minimum atomic E-state index is -1.51. The van der Waals surface area contributed by atoms with Crippen molar-refractivity contribution in [1.29, 1.82) is 0 Å². The summed E-state index contributed by atoms with van der Waals surface area (Å²) in [6.07, 6.45) is -5.75. The fourth-order valence-electron chi connectivity index (χ4n) is 2.22. The quantitative estimate of drug-likeness (QED) is 0.549. The van der Waals surface area contributed by atoms with Gasteiger partial charge in [0, 0.05) is 0 Å². The number of aliphatic hydroxyl groups is 1. The summed E-state index contributed by atoms with van der Waals surface area (Å²) < 4.78 is 21.5. The van der Waals surface area contributed by atoms with Gasteiger partial charge >= 0.3 is 17.9 Å². The lowest BCUT2D eigenvalue weighted by Gasteiger charge is -2.42. The zero-order valence-corrected chi connectivity index (χ0v) is 16.4. The third-order valence-electron chi connectivity index (χ3n) is 3.92. The molecule has 0 aromatic rings. The minimum absolute atomic E-state index is 0.410. The van der Waals surface area contributed by atoms with Crippen molar-refractivity contribution in [2.45, 2.75) is 79.2 Å². The van der Waals surface area contributed by atoms with Crippen molar-refractivity contribution in [3.63, 3.8) is 0 Å². The summed E-state index contributed by atoms with van der Waals surface area (Å²) in [4.78, 5) is 36.2. The van der Waals surface area contributed by atoms with E-state index in [-0.39, 0.29) is 0 Å². The van der Waals surface area contributed by atoms with Crippen molar-refractivity contribution in [1.82, 2.24) is 0 Å². The first-order valence-corrected chi connectivity index (χ1v) is 8.90. The Labute approximate surface area is 154 Å². The molecule has 0 aromatic carbocycles. The zero-order valence-electron chi connectivity index (χ0n) is 16.4. The van der Waals surface area contributed by atoms with Crippen LogP contribution in [0.4, 0.5) is 0 Å². The van der Waals surface area contributed by atoms with Crippen LogP contribution in [0.3, 0.4) is 0 Å². The molecule has 26 heavy (non-hydrogen) atoms. The Hall–Kier alpha value is -1.67. The van der Waals surface area contributed by atoms with Crippen LogP contribution in [0.25, 0.3) is 0 Å². The summed E-state index contributed by atoms with van der Waals surface area (Å²) in [6, 6.07) is 0. The molecule has 0 spiro atoms. The van der Waals surface area contributed by atoms with Gasteiger partial charge in [-0.2, -0.15) is 0 Å². The molecule has 1 saturated heterocycles. The molecule has 1 heterocycles. The Morgan fingerprint density at radius 3 is 1.46 bits per heavy atom. The molecule has 1 aliphatic heterocycles. The number of esters is 3. The van der Waals surface area contributed by atoms with Gasteiger partial charge < -0.3 is 24.1 Å². The molecule has 0 aromatic heterocycles. The molecular weight excluding hydrogens is 344 g/mol. The van der Waals surface area contributed by atoms with Crippen LogP contribution in [-0.2, 0) is 33.3 Å².